The number of rotatable bonds is 3. The highest BCUT2D eigenvalue weighted by Gasteiger charge is 2.54. The second kappa shape index (κ2) is 6.95. The highest BCUT2D eigenvalue weighted by molar-refractivity contribution is 5.85. The molecule has 3 heterocycles. The number of tetrazole rings is 1. The molecule has 1 amide bonds. The lowest BCUT2D eigenvalue weighted by molar-refractivity contribution is -0.141. The van der Waals surface area contributed by atoms with E-state index in [-0.39, 0.29) is 22.9 Å². The van der Waals surface area contributed by atoms with E-state index in [1.807, 2.05) is 9.58 Å². The van der Waals surface area contributed by atoms with Gasteiger partial charge in [-0.15, -0.1) is 5.10 Å². The monoisotopic (exact) mass is 383 g/mol. The van der Waals surface area contributed by atoms with Crippen molar-refractivity contribution in [2.75, 3.05) is 13.2 Å². The van der Waals surface area contributed by atoms with Crippen molar-refractivity contribution in [3.05, 3.63) is 41.2 Å². The molecular weight excluding hydrogens is 354 g/mol. The fraction of sp³-hybridized carbons (Fsp3) is 0.619. The number of carbonyl (C=O) groups is 1. The van der Waals surface area contributed by atoms with Crippen molar-refractivity contribution in [2.45, 2.75) is 65.1 Å². The van der Waals surface area contributed by atoms with Crippen LogP contribution in [-0.4, -0.2) is 44.2 Å². The van der Waals surface area contributed by atoms with E-state index in [0.717, 1.165) is 30.7 Å². The summed E-state index contributed by atoms with van der Waals surface area (Å²) in [6.07, 6.45) is 2.28. The van der Waals surface area contributed by atoms with E-state index in [1.165, 1.54) is 5.56 Å². The first kappa shape index (κ1) is 19.1. The summed E-state index contributed by atoms with van der Waals surface area (Å²) in [5.74, 6) is 0.987. The molecule has 0 saturated carbocycles. The Morgan fingerprint density at radius 2 is 1.86 bits per heavy atom. The molecule has 1 unspecified atom stereocenters. The third kappa shape index (κ3) is 3.32. The first-order valence-corrected chi connectivity index (χ1v) is 10.0. The molecule has 2 aliphatic rings. The largest absolute Gasteiger partial charge is 0.381 e. The molecule has 1 atom stereocenters. The lowest BCUT2D eigenvalue weighted by atomic mass is 9.77. The summed E-state index contributed by atoms with van der Waals surface area (Å²) in [4.78, 5) is 15.6. The zero-order valence-electron chi connectivity index (χ0n) is 17.2. The van der Waals surface area contributed by atoms with Gasteiger partial charge in [0.1, 0.15) is 0 Å². The van der Waals surface area contributed by atoms with Crippen molar-refractivity contribution >= 4 is 5.91 Å². The van der Waals surface area contributed by atoms with E-state index >= 15 is 0 Å². The zero-order valence-corrected chi connectivity index (χ0v) is 17.2. The van der Waals surface area contributed by atoms with E-state index in [0.29, 0.717) is 19.8 Å². The summed E-state index contributed by atoms with van der Waals surface area (Å²) in [6, 6.07) is 8.26. The Bertz CT molecular complexity index is 846. The Hall–Kier alpha value is -2.28. The van der Waals surface area contributed by atoms with Crippen molar-refractivity contribution in [1.29, 1.82) is 0 Å². The van der Waals surface area contributed by atoms with Crippen LogP contribution in [0.3, 0.4) is 0 Å². The summed E-state index contributed by atoms with van der Waals surface area (Å²) in [6.45, 7) is 10.2. The number of likely N-dealkylation sites (tertiary alicyclic amines) is 1. The molecule has 1 aromatic heterocycles. The molecule has 2 aromatic rings. The predicted octanol–water partition coefficient (Wildman–Crippen LogP) is 3.01. The van der Waals surface area contributed by atoms with Gasteiger partial charge in [0.25, 0.3) is 0 Å². The number of ether oxygens (including phenoxy) is 1. The van der Waals surface area contributed by atoms with Crippen LogP contribution in [-0.2, 0) is 21.6 Å². The van der Waals surface area contributed by atoms with Gasteiger partial charge in [-0.05, 0) is 62.9 Å². The third-order valence-corrected chi connectivity index (χ3v) is 6.03. The van der Waals surface area contributed by atoms with Crippen molar-refractivity contribution in [3.63, 3.8) is 0 Å². The molecule has 1 spiro atoms. The van der Waals surface area contributed by atoms with Gasteiger partial charge in [-0.2, -0.15) is 0 Å². The molecule has 7 nitrogen and oxygen atoms in total. The average molecular weight is 383 g/mol. The molecule has 0 radical (unpaired) electrons. The quantitative estimate of drug-likeness (QED) is 0.815. The van der Waals surface area contributed by atoms with Crippen LogP contribution in [0.15, 0.2) is 24.3 Å². The molecule has 28 heavy (non-hydrogen) atoms. The van der Waals surface area contributed by atoms with Crippen molar-refractivity contribution in [3.8, 4) is 0 Å². The maximum atomic E-state index is 13.6. The predicted molar refractivity (Wildman–Crippen MR) is 104 cm³/mol. The van der Waals surface area contributed by atoms with Crippen LogP contribution < -0.4 is 0 Å². The van der Waals surface area contributed by atoms with Gasteiger partial charge in [0, 0.05) is 19.8 Å². The fourth-order valence-electron chi connectivity index (χ4n) is 4.38. The second-order valence-electron chi connectivity index (χ2n) is 9.15. The van der Waals surface area contributed by atoms with Crippen LogP contribution in [0.5, 0.6) is 0 Å². The number of hydrogen-bond acceptors (Lipinski definition) is 5. The Labute approximate surface area is 166 Å². The third-order valence-electron chi connectivity index (χ3n) is 6.03. The minimum Gasteiger partial charge on any atom is -0.381 e. The number of carbonyl (C=O) groups excluding carboxylic acids is 1. The van der Waals surface area contributed by atoms with Crippen LogP contribution in [0.2, 0.25) is 0 Å². The molecule has 1 aromatic carbocycles. The van der Waals surface area contributed by atoms with Gasteiger partial charge in [-0.3, -0.25) is 4.79 Å². The van der Waals surface area contributed by atoms with Crippen molar-refractivity contribution in [1.82, 2.24) is 25.1 Å². The summed E-state index contributed by atoms with van der Waals surface area (Å²) in [5, 5.41) is 12.5. The number of hydrogen-bond donors (Lipinski definition) is 0. The Balaban J connectivity index is 1.72. The van der Waals surface area contributed by atoms with Gasteiger partial charge in [0.15, 0.2) is 5.82 Å². The summed E-state index contributed by atoms with van der Waals surface area (Å²) >= 11 is 0. The number of aromatic nitrogens is 4. The molecule has 2 saturated heterocycles. The number of amides is 1. The normalized spacial score (nSPS) is 22.2. The van der Waals surface area contributed by atoms with E-state index < -0.39 is 0 Å². The van der Waals surface area contributed by atoms with Crippen LogP contribution >= 0.6 is 0 Å². The highest BCUT2D eigenvalue weighted by atomic mass is 16.5. The van der Waals surface area contributed by atoms with Gasteiger partial charge < -0.3 is 9.64 Å². The molecule has 0 bridgehead atoms. The van der Waals surface area contributed by atoms with E-state index in [1.54, 1.807) is 0 Å². The van der Waals surface area contributed by atoms with Crippen LogP contribution in [0, 0.1) is 12.3 Å². The van der Waals surface area contributed by atoms with Gasteiger partial charge in [-0.1, -0.05) is 29.8 Å². The first-order chi connectivity index (χ1) is 13.3. The molecule has 150 valence electrons. The number of benzene rings is 1. The minimum absolute atomic E-state index is 0.124. The van der Waals surface area contributed by atoms with Crippen LogP contribution in [0.1, 0.15) is 63.0 Å². The maximum Gasteiger partial charge on any atom is 0.229 e. The van der Waals surface area contributed by atoms with E-state index in [2.05, 4.69) is 67.5 Å². The molecule has 2 fully saturated rings. The topological polar surface area (TPSA) is 73.1 Å². The van der Waals surface area contributed by atoms with Gasteiger partial charge in [-0.25, -0.2) is 4.68 Å². The van der Waals surface area contributed by atoms with Crippen molar-refractivity contribution in [2.24, 2.45) is 5.41 Å². The van der Waals surface area contributed by atoms with Gasteiger partial charge in [0.2, 0.25) is 5.91 Å². The zero-order chi connectivity index (χ0) is 19.9. The Morgan fingerprint density at radius 3 is 2.50 bits per heavy atom. The molecule has 2 aliphatic heterocycles. The second-order valence-corrected chi connectivity index (χ2v) is 9.15. The molecule has 7 heteroatoms. The SMILES string of the molecule is Cc1ccc(CN2C(=O)C3(CCOCC3)CC2c2nnnn2C(C)(C)C)cc1. The standard InChI is InChI=1S/C21H29N5O2/c1-15-5-7-16(8-6-15)14-25-17(18-22-23-24-26(18)20(2,3)4)13-21(19(25)27)9-11-28-12-10-21/h5-8,17H,9-14H2,1-4H3. The van der Waals surface area contributed by atoms with Crippen LogP contribution in [0.25, 0.3) is 0 Å². The summed E-state index contributed by atoms with van der Waals surface area (Å²) in [5.41, 5.74) is 1.74. The van der Waals surface area contributed by atoms with E-state index in [4.69, 9.17) is 4.74 Å². The Kier molecular flexibility index (Phi) is 4.73. The lowest BCUT2D eigenvalue weighted by Crippen LogP contribution is -2.39. The average Bonchev–Trinajstić information content (AvgIpc) is 3.24. The number of nitrogens with zero attached hydrogens (tertiary/aromatic N) is 5. The molecule has 0 aliphatic carbocycles. The minimum atomic E-state index is -0.359. The van der Waals surface area contributed by atoms with Crippen molar-refractivity contribution < 1.29 is 9.53 Å². The fourth-order valence-corrected chi connectivity index (χ4v) is 4.38. The first-order valence-electron chi connectivity index (χ1n) is 10.0. The molecular formula is C21H29N5O2. The Morgan fingerprint density at radius 1 is 1.18 bits per heavy atom. The summed E-state index contributed by atoms with van der Waals surface area (Å²) < 4.78 is 7.43. The number of aryl methyl sites for hydroxylation is 1. The van der Waals surface area contributed by atoms with Crippen LogP contribution in [0.4, 0.5) is 0 Å². The lowest BCUT2D eigenvalue weighted by Gasteiger charge is -2.31. The maximum absolute atomic E-state index is 13.6. The highest BCUT2D eigenvalue weighted by Crippen LogP contribution is 2.50. The molecule has 4 rings (SSSR count). The van der Waals surface area contributed by atoms with Gasteiger partial charge in [0.05, 0.1) is 17.0 Å². The van der Waals surface area contributed by atoms with E-state index in [9.17, 15) is 4.79 Å². The van der Waals surface area contributed by atoms with Gasteiger partial charge >= 0.3 is 0 Å². The molecule has 0 N–H and O–H groups in total. The smallest absolute Gasteiger partial charge is 0.229 e. The summed E-state index contributed by atoms with van der Waals surface area (Å²) in [7, 11) is 0.